The molecule has 0 aliphatic carbocycles. The Balaban J connectivity index is 2.52. The molecule has 0 unspecified atom stereocenters. The Morgan fingerprint density at radius 1 is 1.21 bits per heavy atom. The fraction of sp³-hybridized carbons (Fsp3) is 0.100. The highest BCUT2D eigenvalue weighted by Gasteiger charge is 2.03. The van der Waals surface area contributed by atoms with E-state index in [1.54, 1.807) is 16.8 Å². The van der Waals surface area contributed by atoms with E-state index < -0.39 is 0 Å². The van der Waals surface area contributed by atoms with Gasteiger partial charge in [-0.3, -0.25) is 0 Å². The van der Waals surface area contributed by atoms with Crippen molar-refractivity contribution in [1.29, 1.82) is 0 Å². The highest BCUT2D eigenvalue weighted by atomic mass is 35.5. The van der Waals surface area contributed by atoms with Crippen molar-refractivity contribution in [3.63, 3.8) is 0 Å². The van der Waals surface area contributed by atoms with Gasteiger partial charge in [-0.05, 0) is 31.2 Å². The van der Waals surface area contributed by atoms with E-state index in [-0.39, 0.29) is 0 Å². The van der Waals surface area contributed by atoms with Gasteiger partial charge in [-0.25, -0.2) is 4.68 Å². The average molecular weight is 227 g/mol. The van der Waals surface area contributed by atoms with E-state index in [4.69, 9.17) is 23.2 Å². The number of aromatic nitrogens is 2. The van der Waals surface area contributed by atoms with Crippen molar-refractivity contribution in [2.75, 3.05) is 0 Å². The van der Waals surface area contributed by atoms with E-state index >= 15 is 0 Å². The third-order valence-electron chi connectivity index (χ3n) is 1.88. The van der Waals surface area contributed by atoms with Gasteiger partial charge in [-0.1, -0.05) is 23.2 Å². The largest absolute Gasteiger partial charge is 0.239 e. The molecule has 1 heterocycles. The van der Waals surface area contributed by atoms with E-state index in [1.807, 2.05) is 25.3 Å². The zero-order chi connectivity index (χ0) is 10.1. The van der Waals surface area contributed by atoms with Crippen LogP contribution in [0.1, 0.15) is 5.69 Å². The Morgan fingerprint density at radius 3 is 2.57 bits per heavy atom. The first-order valence-corrected chi connectivity index (χ1v) is 4.90. The van der Waals surface area contributed by atoms with Gasteiger partial charge in [0.15, 0.2) is 0 Å². The van der Waals surface area contributed by atoms with Crippen molar-refractivity contribution in [2.45, 2.75) is 6.92 Å². The Morgan fingerprint density at radius 2 is 2.00 bits per heavy atom. The third kappa shape index (κ3) is 1.76. The van der Waals surface area contributed by atoms with Crippen LogP contribution >= 0.6 is 23.2 Å². The molecule has 0 N–H and O–H groups in total. The van der Waals surface area contributed by atoms with Gasteiger partial charge >= 0.3 is 0 Å². The summed E-state index contributed by atoms with van der Waals surface area (Å²) in [6.45, 7) is 1.93. The molecule has 4 heteroatoms. The van der Waals surface area contributed by atoms with E-state index in [0.29, 0.717) is 10.0 Å². The summed E-state index contributed by atoms with van der Waals surface area (Å²) in [6, 6.07) is 7.26. The summed E-state index contributed by atoms with van der Waals surface area (Å²) in [5, 5.41) is 5.49. The van der Waals surface area contributed by atoms with Gasteiger partial charge in [0, 0.05) is 11.2 Å². The van der Waals surface area contributed by atoms with Crippen LogP contribution < -0.4 is 0 Å². The topological polar surface area (TPSA) is 17.8 Å². The van der Waals surface area contributed by atoms with Crippen LogP contribution in [-0.2, 0) is 0 Å². The molecule has 0 spiro atoms. The van der Waals surface area contributed by atoms with Crippen molar-refractivity contribution < 1.29 is 0 Å². The molecule has 0 aliphatic heterocycles. The number of hydrogen-bond donors (Lipinski definition) is 0. The predicted molar refractivity (Wildman–Crippen MR) is 58.3 cm³/mol. The molecular weight excluding hydrogens is 219 g/mol. The van der Waals surface area contributed by atoms with Crippen LogP contribution in [0.4, 0.5) is 0 Å². The fourth-order valence-corrected chi connectivity index (χ4v) is 1.71. The maximum absolute atomic E-state index is 6.03. The second kappa shape index (κ2) is 3.64. The first-order valence-electron chi connectivity index (χ1n) is 4.14. The Kier molecular flexibility index (Phi) is 2.48. The van der Waals surface area contributed by atoms with Crippen molar-refractivity contribution in [3.05, 3.63) is 46.2 Å². The van der Waals surface area contributed by atoms with E-state index in [2.05, 4.69) is 5.10 Å². The molecule has 0 aliphatic rings. The van der Waals surface area contributed by atoms with Gasteiger partial charge in [0.1, 0.15) is 0 Å². The molecule has 2 rings (SSSR count). The minimum atomic E-state index is 0.598. The van der Waals surface area contributed by atoms with Gasteiger partial charge in [0.05, 0.1) is 16.4 Å². The van der Waals surface area contributed by atoms with Crippen LogP contribution in [0.2, 0.25) is 10.0 Å². The summed E-state index contributed by atoms with van der Waals surface area (Å²) >= 11 is 11.8. The molecular formula is C10H8Cl2N2. The van der Waals surface area contributed by atoms with Gasteiger partial charge < -0.3 is 0 Å². The first-order chi connectivity index (χ1) is 6.66. The first kappa shape index (κ1) is 9.56. The quantitative estimate of drug-likeness (QED) is 0.729. The van der Waals surface area contributed by atoms with Crippen LogP contribution in [0.15, 0.2) is 30.5 Å². The van der Waals surface area contributed by atoms with Crippen LogP contribution in [0.25, 0.3) is 5.69 Å². The number of rotatable bonds is 1. The smallest absolute Gasteiger partial charge is 0.0832 e. The Bertz CT molecular complexity index is 463. The summed E-state index contributed by atoms with van der Waals surface area (Å²) in [7, 11) is 0. The van der Waals surface area contributed by atoms with E-state index in [0.717, 1.165) is 11.4 Å². The highest BCUT2D eigenvalue weighted by Crippen LogP contribution is 2.23. The second-order valence-corrected chi connectivity index (χ2v) is 3.84. The number of aryl methyl sites for hydroxylation is 1. The lowest BCUT2D eigenvalue weighted by Crippen LogP contribution is -1.95. The normalized spacial score (nSPS) is 10.5. The van der Waals surface area contributed by atoms with Gasteiger partial charge in [0.2, 0.25) is 0 Å². The molecule has 2 aromatic rings. The molecule has 1 aromatic carbocycles. The van der Waals surface area contributed by atoms with Gasteiger partial charge in [-0.15, -0.1) is 0 Å². The fourth-order valence-electron chi connectivity index (χ4n) is 1.22. The monoisotopic (exact) mass is 226 g/mol. The molecule has 1 aromatic heterocycles. The molecule has 2 nitrogen and oxygen atoms in total. The van der Waals surface area contributed by atoms with Crippen LogP contribution in [0, 0.1) is 6.92 Å². The zero-order valence-corrected chi connectivity index (χ0v) is 9.05. The SMILES string of the molecule is Cc1ccn(-c2ccc(Cl)cc2Cl)n1. The summed E-state index contributed by atoms with van der Waals surface area (Å²) in [6.07, 6.45) is 1.87. The lowest BCUT2D eigenvalue weighted by Gasteiger charge is -2.03. The maximum Gasteiger partial charge on any atom is 0.0832 e. The molecule has 0 saturated heterocycles. The Hall–Kier alpha value is -0.990. The summed E-state index contributed by atoms with van der Waals surface area (Å²) in [5.74, 6) is 0. The van der Waals surface area contributed by atoms with Gasteiger partial charge in [0.25, 0.3) is 0 Å². The number of halogens is 2. The van der Waals surface area contributed by atoms with Crippen molar-refractivity contribution >= 4 is 23.2 Å². The molecule has 0 saturated carbocycles. The van der Waals surface area contributed by atoms with Crippen LogP contribution in [0.5, 0.6) is 0 Å². The van der Waals surface area contributed by atoms with Crippen LogP contribution in [0.3, 0.4) is 0 Å². The molecule has 0 bridgehead atoms. The van der Waals surface area contributed by atoms with Crippen molar-refractivity contribution in [2.24, 2.45) is 0 Å². The van der Waals surface area contributed by atoms with Crippen molar-refractivity contribution in [1.82, 2.24) is 9.78 Å². The molecule has 0 fully saturated rings. The summed E-state index contributed by atoms with van der Waals surface area (Å²) in [4.78, 5) is 0. The maximum atomic E-state index is 6.03. The highest BCUT2D eigenvalue weighted by molar-refractivity contribution is 6.35. The standard InChI is InChI=1S/C10H8Cl2N2/c1-7-4-5-14(13-7)10-3-2-8(11)6-9(10)12/h2-6H,1H3. The van der Waals surface area contributed by atoms with Crippen molar-refractivity contribution in [3.8, 4) is 5.69 Å². The zero-order valence-electron chi connectivity index (χ0n) is 7.54. The minimum Gasteiger partial charge on any atom is -0.239 e. The lowest BCUT2D eigenvalue weighted by atomic mass is 10.3. The molecule has 0 amide bonds. The number of benzene rings is 1. The second-order valence-electron chi connectivity index (χ2n) is 3.00. The van der Waals surface area contributed by atoms with E-state index in [1.165, 1.54) is 0 Å². The number of hydrogen-bond acceptors (Lipinski definition) is 1. The Labute approximate surface area is 92.1 Å². The van der Waals surface area contributed by atoms with Gasteiger partial charge in [-0.2, -0.15) is 5.10 Å². The molecule has 0 atom stereocenters. The molecule has 14 heavy (non-hydrogen) atoms. The minimum absolute atomic E-state index is 0.598. The third-order valence-corrected chi connectivity index (χ3v) is 2.42. The molecule has 72 valence electrons. The summed E-state index contributed by atoms with van der Waals surface area (Å²) < 4.78 is 1.73. The molecule has 0 radical (unpaired) electrons. The van der Waals surface area contributed by atoms with Crippen LogP contribution in [-0.4, -0.2) is 9.78 Å². The predicted octanol–water partition coefficient (Wildman–Crippen LogP) is 3.49. The lowest BCUT2D eigenvalue weighted by molar-refractivity contribution is 0.863. The number of nitrogens with zero attached hydrogens (tertiary/aromatic N) is 2. The average Bonchev–Trinajstić information content (AvgIpc) is 2.51. The summed E-state index contributed by atoms with van der Waals surface area (Å²) in [5.41, 5.74) is 1.79. The van der Waals surface area contributed by atoms with E-state index in [9.17, 15) is 0 Å².